The van der Waals surface area contributed by atoms with Crippen molar-refractivity contribution >= 4 is 10.1 Å². The van der Waals surface area contributed by atoms with Crippen LogP contribution in [0.4, 0.5) is 0 Å². The summed E-state index contributed by atoms with van der Waals surface area (Å²) in [6.07, 6.45) is -4.16. The fourth-order valence-electron chi connectivity index (χ4n) is 2.35. The van der Waals surface area contributed by atoms with Crippen LogP contribution in [0.5, 0.6) is 0 Å². The normalized spacial score (nSPS) is 36.0. The van der Waals surface area contributed by atoms with Gasteiger partial charge in [0.05, 0.1) is 18.9 Å². The number of nitrogens with zero attached hydrogens (tertiary/aromatic N) is 3. The highest BCUT2D eigenvalue weighted by Crippen LogP contribution is 2.40. The molecule has 1 N–H and O–H groups in total. The summed E-state index contributed by atoms with van der Waals surface area (Å²) in [5, 5.41) is 13.2. The van der Waals surface area contributed by atoms with E-state index in [4.69, 9.17) is 23.9 Å². The van der Waals surface area contributed by atoms with E-state index in [1.54, 1.807) is 13.8 Å². The van der Waals surface area contributed by atoms with Gasteiger partial charge in [0.15, 0.2) is 12.1 Å². The van der Waals surface area contributed by atoms with Crippen molar-refractivity contribution in [2.45, 2.75) is 50.3 Å². The first-order valence-electron chi connectivity index (χ1n) is 6.21. The molecule has 0 amide bonds. The molecule has 0 spiro atoms. The van der Waals surface area contributed by atoms with Gasteiger partial charge in [0, 0.05) is 4.91 Å². The number of hydrogen-bond donors (Lipinski definition) is 1. The predicted octanol–water partition coefficient (Wildman–Crippen LogP) is -0.121. The Balaban J connectivity index is 2.20. The van der Waals surface area contributed by atoms with Crippen molar-refractivity contribution in [1.29, 1.82) is 0 Å². The summed E-state index contributed by atoms with van der Waals surface area (Å²) in [5.74, 6) is -0.949. The van der Waals surface area contributed by atoms with Crippen LogP contribution in [0.2, 0.25) is 0 Å². The van der Waals surface area contributed by atoms with Crippen LogP contribution < -0.4 is 0 Å². The van der Waals surface area contributed by atoms with Crippen molar-refractivity contribution in [2.24, 2.45) is 5.11 Å². The molecule has 2 rings (SSSR count). The SMILES string of the molecule is CC1(C)O[C@H]2O[C@H](C(O)CN=[N+]=[N-])[C@H](OS(C)(=O)=O)[C@H]2O1. The van der Waals surface area contributed by atoms with Crippen LogP contribution in [0.3, 0.4) is 0 Å². The van der Waals surface area contributed by atoms with Gasteiger partial charge in [-0.15, -0.1) is 0 Å². The Morgan fingerprint density at radius 3 is 2.71 bits per heavy atom. The largest absolute Gasteiger partial charge is 0.390 e. The molecular weight excluding hydrogens is 306 g/mol. The van der Waals surface area contributed by atoms with Crippen molar-refractivity contribution in [3.63, 3.8) is 0 Å². The van der Waals surface area contributed by atoms with E-state index in [1.165, 1.54) is 0 Å². The first-order valence-corrected chi connectivity index (χ1v) is 8.03. The van der Waals surface area contributed by atoms with E-state index < -0.39 is 46.6 Å². The van der Waals surface area contributed by atoms with Gasteiger partial charge < -0.3 is 19.3 Å². The second-order valence-electron chi connectivity index (χ2n) is 5.31. The third-order valence-corrected chi connectivity index (χ3v) is 3.60. The number of fused-ring (bicyclic) bond motifs is 1. The molecule has 1 unspecified atom stereocenters. The van der Waals surface area contributed by atoms with Crippen LogP contribution in [0.15, 0.2) is 5.11 Å². The second-order valence-corrected chi connectivity index (χ2v) is 6.92. The Morgan fingerprint density at radius 1 is 1.48 bits per heavy atom. The maximum Gasteiger partial charge on any atom is 0.264 e. The van der Waals surface area contributed by atoms with E-state index in [-0.39, 0.29) is 6.54 Å². The molecule has 0 aromatic rings. The highest BCUT2D eigenvalue weighted by molar-refractivity contribution is 7.86. The lowest BCUT2D eigenvalue weighted by atomic mass is 10.1. The van der Waals surface area contributed by atoms with Gasteiger partial charge in [-0.05, 0) is 19.4 Å². The van der Waals surface area contributed by atoms with E-state index in [1.807, 2.05) is 0 Å². The van der Waals surface area contributed by atoms with Crippen molar-refractivity contribution in [3.05, 3.63) is 10.4 Å². The molecular formula is C10H17N3O7S. The Kier molecular flexibility index (Phi) is 4.45. The second kappa shape index (κ2) is 5.69. The fraction of sp³-hybridized carbons (Fsp3) is 1.00. The molecule has 0 aliphatic carbocycles. The number of aliphatic hydroxyl groups excluding tert-OH is 1. The minimum Gasteiger partial charge on any atom is -0.390 e. The molecule has 0 aromatic carbocycles. The molecule has 0 saturated carbocycles. The summed E-state index contributed by atoms with van der Waals surface area (Å²) in [4.78, 5) is 2.53. The van der Waals surface area contributed by atoms with Gasteiger partial charge in [-0.2, -0.15) is 8.42 Å². The fourth-order valence-corrected chi connectivity index (χ4v) is 2.97. The summed E-state index contributed by atoms with van der Waals surface area (Å²) in [6.45, 7) is 3.02. The average Bonchev–Trinajstić information content (AvgIpc) is 2.78. The van der Waals surface area contributed by atoms with Gasteiger partial charge in [-0.1, -0.05) is 5.11 Å². The van der Waals surface area contributed by atoms with Crippen LogP contribution in [-0.4, -0.2) is 62.8 Å². The zero-order valence-electron chi connectivity index (χ0n) is 11.7. The van der Waals surface area contributed by atoms with Gasteiger partial charge in [0.2, 0.25) is 0 Å². The minimum atomic E-state index is -3.80. The van der Waals surface area contributed by atoms with Crippen LogP contribution in [0.1, 0.15) is 13.8 Å². The zero-order valence-corrected chi connectivity index (χ0v) is 12.6. The number of azide groups is 1. The number of aliphatic hydroxyl groups is 1. The first-order chi connectivity index (χ1) is 9.63. The minimum absolute atomic E-state index is 0.284. The van der Waals surface area contributed by atoms with E-state index in [9.17, 15) is 13.5 Å². The Morgan fingerprint density at radius 2 is 2.14 bits per heavy atom. The number of rotatable bonds is 5. The van der Waals surface area contributed by atoms with Gasteiger partial charge >= 0.3 is 0 Å². The van der Waals surface area contributed by atoms with Gasteiger partial charge in [-0.3, -0.25) is 4.18 Å². The molecule has 2 aliphatic rings. The highest BCUT2D eigenvalue weighted by Gasteiger charge is 2.57. The third kappa shape index (κ3) is 3.83. The molecule has 5 atom stereocenters. The Hall–Kier alpha value is -0.940. The molecule has 2 fully saturated rings. The molecule has 0 bridgehead atoms. The first kappa shape index (κ1) is 16.4. The van der Waals surface area contributed by atoms with E-state index in [2.05, 4.69) is 10.0 Å². The lowest BCUT2D eigenvalue weighted by Crippen LogP contribution is -2.44. The quantitative estimate of drug-likeness (QED) is 0.322. The maximum absolute atomic E-state index is 11.4. The highest BCUT2D eigenvalue weighted by atomic mass is 32.2. The Labute approximate surface area is 121 Å². The lowest BCUT2D eigenvalue weighted by Gasteiger charge is -2.27. The molecule has 0 radical (unpaired) electrons. The molecule has 120 valence electrons. The zero-order chi connectivity index (χ0) is 15.8. The Bertz CT molecular complexity index is 545. The topological polar surface area (TPSA) is 140 Å². The smallest absolute Gasteiger partial charge is 0.264 e. The van der Waals surface area contributed by atoms with E-state index >= 15 is 0 Å². The summed E-state index contributed by atoms with van der Waals surface area (Å²) in [5.41, 5.74) is 8.27. The van der Waals surface area contributed by atoms with E-state index in [0.717, 1.165) is 6.26 Å². The maximum atomic E-state index is 11.4. The summed E-state index contributed by atoms with van der Waals surface area (Å²) in [6, 6.07) is 0. The van der Waals surface area contributed by atoms with Crippen molar-refractivity contribution in [2.75, 3.05) is 12.8 Å². The van der Waals surface area contributed by atoms with Gasteiger partial charge in [-0.25, -0.2) is 0 Å². The predicted molar refractivity (Wildman–Crippen MR) is 68.4 cm³/mol. The lowest BCUT2D eigenvalue weighted by molar-refractivity contribution is -0.222. The molecule has 2 heterocycles. The standard InChI is InChI=1S/C10H17N3O7S/c1-10(2)18-8-7(20-21(3,15)16)6(17-9(8)19-10)5(14)4-12-13-11/h5-9,14H,4H2,1-3H3/t5?,6-,7+,8-,9-/m1/s1. The van der Waals surface area contributed by atoms with Crippen LogP contribution >= 0.6 is 0 Å². The monoisotopic (exact) mass is 323 g/mol. The summed E-state index contributed by atoms with van der Waals surface area (Å²) < 4.78 is 44.2. The molecule has 0 aromatic heterocycles. The number of hydrogen-bond acceptors (Lipinski definition) is 8. The molecule has 21 heavy (non-hydrogen) atoms. The third-order valence-electron chi connectivity index (χ3n) is 3.02. The summed E-state index contributed by atoms with van der Waals surface area (Å²) >= 11 is 0. The van der Waals surface area contributed by atoms with Crippen molar-refractivity contribution < 1.29 is 31.9 Å². The van der Waals surface area contributed by atoms with Crippen molar-refractivity contribution in [3.8, 4) is 0 Å². The number of ether oxygens (including phenoxy) is 3. The van der Waals surface area contributed by atoms with Crippen LogP contribution in [0.25, 0.3) is 10.4 Å². The van der Waals surface area contributed by atoms with Gasteiger partial charge in [0.25, 0.3) is 10.1 Å². The molecule has 10 nitrogen and oxygen atoms in total. The van der Waals surface area contributed by atoms with Crippen LogP contribution in [-0.2, 0) is 28.5 Å². The van der Waals surface area contributed by atoms with Crippen LogP contribution in [0, 0.1) is 0 Å². The van der Waals surface area contributed by atoms with Crippen molar-refractivity contribution in [1.82, 2.24) is 0 Å². The average molecular weight is 323 g/mol. The van der Waals surface area contributed by atoms with E-state index in [0.29, 0.717) is 0 Å². The molecule has 11 heteroatoms. The molecule has 2 aliphatic heterocycles. The van der Waals surface area contributed by atoms with Gasteiger partial charge in [0.1, 0.15) is 18.3 Å². The molecule has 2 saturated heterocycles. The summed E-state index contributed by atoms with van der Waals surface area (Å²) in [7, 11) is -3.80.